The number of fused-ring (bicyclic) bond motifs is 1. The van der Waals surface area contributed by atoms with Crippen molar-refractivity contribution in [3.63, 3.8) is 0 Å². The Kier molecular flexibility index (Phi) is 4.59. The molecule has 0 fully saturated rings. The molecule has 0 bridgehead atoms. The summed E-state index contributed by atoms with van der Waals surface area (Å²) >= 11 is 0. The quantitative estimate of drug-likeness (QED) is 0.831. The number of hydrogen-bond acceptors (Lipinski definition) is 5. The van der Waals surface area contributed by atoms with Crippen LogP contribution in [0, 0.1) is 0 Å². The maximum Gasteiger partial charge on any atom is 0.336 e. The van der Waals surface area contributed by atoms with Crippen LogP contribution in [0.3, 0.4) is 0 Å². The lowest BCUT2D eigenvalue weighted by Gasteiger charge is -2.16. The predicted octanol–water partition coefficient (Wildman–Crippen LogP) is 0.979. The van der Waals surface area contributed by atoms with E-state index in [2.05, 4.69) is 5.32 Å². The van der Waals surface area contributed by atoms with E-state index in [4.69, 9.17) is 9.15 Å². The van der Waals surface area contributed by atoms with Gasteiger partial charge in [0.1, 0.15) is 11.3 Å². The number of benzene rings is 1. The van der Waals surface area contributed by atoms with Crippen molar-refractivity contribution >= 4 is 16.9 Å². The number of likely N-dealkylation sites (N-methyl/N-ethyl adjacent to an activating group) is 2. The summed E-state index contributed by atoms with van der Waals surface area (Å²) < 4.78 is 10.3. The molecular formula is C15H18N2O4. The number of carbonyl (C=O) groups is 1. The molecule has 112 valence electrons. The van der Waals surface area contributed by atoms with E-state index >= 15 is 0 Å². The van der Waals surface area contributed by atoms with E-state index < -0.39 is 5.63 Å². The molecule has 0 aliphatic heterocycles. The summed E-state index contributed by atoms with van der Waals surface area (Å²) in [6.45, 7) is 0.732. The topological polar surface area (TPSA) is 71.8 Å². The third kappa shape index (κ3) is 3.61. The molecule has 6 nitrogen and oxygen atoms in total. The second-order valence-electron chi connectivity index (χ2n) is 4.80. The second-order valence-corrected chi connectivity index (χ2v) is 4.80. The summed E-state index contributed by atoms with van der Waals surface area (Å²) in [5.74, 6) is 0.549. The summed E-state index contributed by atoms with van der Waals surface area (Å²) in [6, 6.07) is 6.79. The van der Waals surface area contributed by atoms with Crippen molar-refractivity contribution in [2.75, 3.05) is 27.7 Å². The zero-order valence-electron chi connectivity index (χ0n) is 12.3. The van der Waals surface area contributed by atoms with Gasteiger partial charge in [-0.15, -0.1) is 0 Å². The first-order chi connectivity index (χ1) is 10.0. The van der Waals surface area contributed by atoms with Crippen LogP contribution in [0.2, 0.25) is 0 Å². The molecule has 2 aromatic rings. The third-order valence-electron chi connectivity index (χ3n) is 3.17. The molecule has 1 heterocycles. The molecule has 0 saturated carbocycles. The standard InChI is InChI=1S/C15H18N2O4/c1-16-14(18)9-17(2)8-10-6-15(19)21-13-7-11(20-3)4-5-12(10)13/h4-7H,8-9H2,1-3H3,(H,16,18). The highest BCUT2D eigenvalue weighted by molar-refractivity contribution is 5.81. The van der Waals surface area contributed by atoms with Crippen LogP contribution < -0.4 is 15.7 Å². The maximum absolute atomic E-state index is 11.7. The molecule has 0 aliphatic rings. The van der Waals surface area contributed by atoms with E-state index in [0.717, 1.165) is 10.9 Å². The minimum Gasteiger partial charge on any atom is -0.497 e. The molecule has 1 N–H and O–H groups in total. The average Bonchev–Trinajstić information content (AvgIpc) is 2.45. The van der Waals surface area contributed by atoms with E-state index in [9.17, 15) is 9.59 Å². The number of hydrogen-bond donors (Lipinski definition) is 1. The Bertz CT molecular complexity index is 708. The zero-order valence-corrected chi connectivity index (χ0v) is 12.3. The number of ether oxygens (including phenoxy) is 1. The number of nitrogens with one attached hydrogen (secondary N) is 1. The highest BCUT2D eigenvalue weighted by atomic mass is 16.5. The van der Waals surface area contributed by atoms with Crippen molar-refractivity contribution in [2.45, 2.75) is 6.54 Å². The summed E-state index contributed by atoms with van der Waals surface area (Å²) in [5, 5.41) is 3.40. The van der Waals surface area contributed by atoms with Gasteiger partial charge in [-0.1, -0.05) is 0 Å². The van der Waals surface area contributed by atoms with Gasteiger partial charge in [0.2, 0.25) is 5.91 Å². The normalized spacial score (nSPS) is 10.9. The minimum atomic E-state index is -0.418. The Morgan fingerprint density at radius 1 is 1.38 bits per heavy atom. The fourth-order valence-corrected chi connectivity index (χ4v) is 2.14. The van der Waals surface area contributed by atoms with Crippen LogP contribution in [-0.2, 0) is 11.3 Å². The van der Waals surface area contributed by atoms with Crippen LogP contribution >= 0.6 is 0 Å². The monoisotopic (exact) mass is 290 g/mol. The van der Waals surface area contributed by atoms with Gasteiger partial charge in [0.15, 0.2) is 0 Å². The molecule has 0 unspecified atom stereocenters. The molecule has 1 aromatic heterocycles. The van der Waals surface area contributed by atoms with Gasteiger partial charge in [0.05, 0.1) is 13.7 Å². The fraction of sp³-hybridized carbons (Fsp3) is 0.333. The van der Waals surface area contributed by atoms with Crippen molar-refractivity contribution in [1.82, 2.24) is 10.2 Å². The second kappa shape index (κ2) is 6.41. The number of methoxy groups -OCH3 is 1. The van der Waals surface area contributed by atoms with E-state index in [0.29, 0.717) is 17.9 Å². The first-order valence-electron chi connectivity index (χ1n) is 6.53. The smallest absolute Gasteiger partial charge is 0.336 e. The van der Waals surface area contributed by atoms with Crippen LogP contribution in [0.1, 0.15) is 5.56 Å². The van der Waals surface area contributed by atoms with Gasteiger partial charge in [-0.05, 0) is 24.7 Å². The van der Waals surface area contributed by atoms with Crippen LogP contribution in [0.15, 0.2) is 33.5 Å². The van der Waals surface area contributed by atoms with E-state index in [1.54, 1.807) is 20.2 Å². The molecule has 6 heteroatoms. The Morgan fingerprint density at radius 3 is 2.81 bits per heavy atom. The molecule has 0 spiro atoms. The van der Waals surface area contributed by atoms with E-state index in [-0.39, 0.29) is 12.5 Å². The molecule has 2 rings (SSSR count). The SMILES string of the molecule is CNC(=O)CN(C)Cc1cc(=O)oc2cc(OC)ccc12. The number of rotatable bonds is 5. The average molecular weight is 290 g/mol. The molecule has 0 atom stereocenters. The van der Waals surface area contributed by atoms with Gasteiger partial charge in [0, 0.05) is 31.1 Å². The molecule has 0 aliphatic carbocycles. The van der Waals surface area contributed by atoms with Gasteiger partial charge >= 0.3 is 5.63 Å². The fourth-order valence-electron chi connectivity index (χ4n) is 2.14. The lowest BCUT2D eigenvalue weighted by Crippen LogP contribution is -2.32. The van der Waals surface area contributed by atoms with Gasteiger partial charge in [-0.3, -0.25) is 9.69 Å². The lowest BCUT2D eigenvalue weighted by molar-refractivity contribution is -0.121. The molecule has 1 aromatic carbocycles. The number of amides is 1. The Morgan fingerprint density at radius 2 is 2.14 bits per heavy atom. The van der Waals surface area contributed by atoms with Crippen molar-refractivity contribution in [3.05, 3.63) is 40.2 Å². The Balaban J connectivity index is 2.35. The lowest BCUT2D eigenvalue weighted by atomic mass is 10.1. The van der Waals surface area contributed by atoms with Crippen LogP contribution in [0.5, 0.6) is 5.75 Å². The highest BCUT2D eigenvalue weighted by Gasteiger charge is 2.11. The minimum absolute atomic E-state index is 0.0774. The van der Waals surface area contributed by atoms with Gasteiger partial charge in [-0.2, -0.15) is 0 Å². The molecule has 0 saturated heterocycles. The van der Waals surface area contributed by atoms with Crippen molar-refractivity contribution in [3.8, 4) is 5.75 Å². The number of carbonyl (C=O) groups excluding carboxylic acids is 1. The largest absolute Gasteiger partial charge is 0.497 e. The predicted molar refractivity (Wildman–Crippen MR) is 79.4 cm³/mol. The van der Waals surface area contributed by atoms with Gasteiger partial charge < -0.3 is 14.5 Å². The molecule has 1 amide bonds. The van der Waals surface area contributed by atoms with Crippen molar-refractivity contribution < 1.29 is 13.9 Å². The zero-order chi connectivity index (χ0) is 15.4. The van der Waals surface area contributed by atoms with Gasteiger partial charge in [-0.25, -0.2) is 4.79 Å². The van der Waals surface area contributed by atoms with E-state index in [1.165, 1.54) is 6.07 Å². The third-order valence-corrected chi connectivity index (χ3v) is 3.17. The van der Waals surface area contributed by atoms with Crippen LogP contribution in [0.25, 0.3) is 11.0 Å². The first kappa shape index (κ1) is 15.1. The molecule has 21 heavy (non-hydrogen) atoms. The maximum atomic E-state index is 11.7. The first-order valence-corrected chi connectivity index (χ1v) is 6.53. The summed E-state index contributed by atoms with van der Waals surface area (Å²) in [7, 11) is 4.97. The van der Waals surface area contributed by atoms with Crippen LogP contribution in [0.4, 0.5) is 0 Å². The van der Waals surface area contributed by atoms with Crippen molar-refractivity contribution in [2.24, 2.45) is 0 Å². The summed E-state index contributed by atoms with van der Waals surface area (Å²) in [4.78, 5) is 24.9. The Hall–Kier alpha value is -2.34. The highest BCUT2D eigenvalue weighted by Crippen LogP contribution is 2.23. The van der Waals surface area contributed by atoms with Crippen molar-refractivity contribution in [1.29, 1.82) is 0 Å². The van der Waals surface area contributed by atoms with Crippen LogP contribution in [-0.4, -0.2) is 38.6 Å². The number of nitrogens with zero attached hydrogens (tertiary/aromatic N) is 1. The Labute approximate surface area is 122 Å². The summed E-state index contributed by atoms with van der Waals surface area (Å²) in [6.07, 6.45) is 0. The molecule has 0 radical (unpaired) electrons. The summed E-state index contributed by atoms with van der Waals surface area (Å²) in [5.41, 5.74) is 0.875. The van der Waals surface area contributed by atoms with Gasteiger partial charge in [0.25, 0.3) is 0 Å². The molecular weight excluding hydrogens is 272 g/mol. The van der Waals surface area contributed by atoms with E-state index in [1.807, 2.05) is 24.1 Å².